The van der Waals surface area contributed by atoms with Crippen molar-refractivity contribution < 1.29 is 0 Å². The third kappa shape index (κ3) is 41.9. The molecule has 0 bridgehead atoms. The molecule has 0 atom stereocenters. The fourth-order valence-electron chi connectivity index (χ4n) is 9.73. The van der Waals surface area contributed by atoms with Crippen LogP contribution >= 0.6 is 0 Å². The van der Waals surface area contributed by atoms with E-state index in [0.29, 0.717) is 65.1 Å². The van der Waals surface area contributed by atoms with Crippen LogP contribution in [0.5, 0.6) is 0 Å². The maximum atomic E-state index is 11.3. The summed E-state index contributed by atoms with van der Waals surface area (Å²) in [7, 11) is 6.80. The Hall–Kier alpha value is -11.0. The number of hydrazone groups is 1. The van der Waals surface area contributed by atoms with E-state index in [4.69, 9.17) is 0 Å². The summed E-state index contributed by atoms with van der Waals surface area (Å²) in [4.78, 5) is 63.9. The molecule has 11 rings (SSSR count). The lowest BCUT2D eigenvalue weighted by Crippen LogP contribution is -2.19. The average Bonchev–Trinajstić information content (AvgIpc) is 0.855. The largest absolute Gasteiger partial charge is 0.362 e. The first-order valence-electron chi connectivity index (χ1n) is 40.4. The molecular formula is C95H140N16O5. The van der Waals surface area contributed by atoms with E-state index in [2.05, 4.69) is 243 Å². The second kappa shape index (κ2) is 54.0. The monoisotopic (exact) mass is 1590 g/mol. The van der Waals surface area contributed by atoms with Gasteiger partial charge in [-0.2, -0.15) is 35.7 Å². The highest BCUT2D eigenvalue weighted by Crippen LogP contribution is 2.19. The molecule has 0 amide bonds. The Morgan fingerprint density at radius 2 is 0.681 bits per heavy atom. The molecule has 2 aliphatic heterocycles. The topological polar surface area (TPSA) is 250 Å². The molecule has 9 aromatic heterocycles. The molecule has 0 aromatic carbocycles. The van der Waals surface area contributed by atoms with Crippen molar-refractivity contribution in [3.63, 3.8) is 0 Å². The van der Waals surface area contributed by atoms with Crippen molar-refractivity contribution in [1.82, 2.24) is 74.4 Å². The number of aryl methyl sites for hydroxylation is 9. The van der Waals surface area contributed by atoms with Crippen molar-refractivity contribution >= 4 is 6.21 Å². The first kappa shape index (κ1) is 103. The summed E-state index contributed by atoms with van der Waals surface area (Å²) in [5, 5.41) is 30.2. The lowest BCUT2D eigenvalue weighted by atomic mass is 10.0. The minimum Gasteiger partial charge on any atom is -0.362 e. The molecule has 11 heterocycles. The molecule has 9 aromatic rings. The second-order valence-electron chi connectivity index (χ2n) is 32.0. The molecule has 0 spiro atoms. The van der Waals surface area contributed by atoms with Crippen molar-refractivity contribution in [2.75, 3.05) is 0 Å². The van der Waals surface area contributed by atoms with Gasteiger partial charge in [0.1, 0.15) is 0 Å². The number of hydrogen-bond acceptors (Lipinski definition) is 16. The van der Waals surface area contributed by atoms with Gasteiger partial charge in [0.15, 0.2) is 0 Å². The van der Waals surface area contributed by atoms with E-state index in [-0.39, 0.29) is 27.8 Å². The highest BCUT2D eigenvalue weighted by atomic mass is 16.1. The smallest absolute Gasteiger partial charge is 0.266 e. The van der Waals surface area contributed by atoms with Crippen molar-refractivity contribution in [2.24, 2.45) is 45.1 Å². The Kier molecular flexibility index (Phi) is 48.0. The number of allylic oxidation sites excluding steroid dienone is 5. The minimum absolute atomic E-state index is 0.0452. The number of hydrogen-bond donors (Lipinski definition) is 2. The number of nitrogens with zero attached hydrogens (tertiary/aromatic N) is 14. The zero-order valence-electron chi connectivity index (χ0n) is 75.9. The third-order valence-electron chi connectivity index (χ3n) is 18.0. The van der Waals surface area contributed by atoms with Gasteiger partial charge in [0.05, 0.1) is 42.4 Å². The molecule has 0 unspecified atom stereocenters. The maximum absolute atomic E-state index is 11.3. The summed E-state index contributed by atoms with van der Waals surface area (Å²) in [6.45, 7) is 64.8. The van der Waals surface area contributed by atoms with Crippen LogP contribution in [0.4, 0.5) is 0 Å². The zero-order valence-corrected chi connectivity index (χ0v) is 75.9. The van der Waals surface area contributed by atoms with Crippen LogP contribution in [-0.4, -0.2) is 69.8 Å². The van der Waals surface area contributed by atoms with Gasteiger partial charge >= 0.3 is 0 Å². The average molecular weight is 1590 g/mol. The molecule has 0 fully saturated rings. The molecule has 2 N–H and O–H groups in total. The lowest BCUT2D eigenvalue weighted by Gasteiger charge is -2.12. The van der Waals surface area contributed by atoms with Gasteiger partial charge in [0, 0.05) is 125 Å². The number of pyridine rings is 5. The normalized spacial score (nSPS) is 11.6. The molecule has 0 radical (unpaired) electrons. The molecule has 2 aliphatic rings. The Balaban J connectivity index is 0.000000638. The first-order valence-corrected chi connectivity index (χ1v) is 40.4. The number of nitrogens with one attached hydrogen (secondary N) is 2. The molecule has 0 saturated carbocycles. The van der Waals surface area contributed by atoms with E-state index in [9.17, 15) is 24.0 Å². The van der Waals surface area contributed by atoms with Crippen LogP contribution in [0.3, 0.4) is 0 Å². The van der Waals surface area contributed by atoms with Gasteiger partial charge in [0.25, 0.3) is 27.8 Å². The molecule has 0 aliphatic carbocycles. The standard InChI is InChI=1S/C10H15NO.2C9H13NO.3C9H13N.2C8H12N2O.3C8H12N2/c1-4-11-6-5-9(8(2)3)7-10(11)12;2*1-7(2)8-4-5-10(3)9(11)6-8;3*1-7(2)9-4-5-10-8(3)6-9;2*1-6(2)7-4-8(11)10(3)9-5-7;3*1-6(2)8-4-7(3)10-9-5-8/h5-8H,4H2,1-3H3;2*4-7H,1-3H3;2*4-7H,1-3H3;4-7,10H,3H2,1-2H3;2*4-6H,1-3H3;2*4-6H,1-3H3;4-6,10H,3H2,1-2H3. The van der Waals surface area contributed by atoms with E-state index >= 15 is 0 Å². The van der Waals surface area contributed by atoms with E-state index in [1.54, 1.807) is 97.0 Å². The second-order valence-corrected chi connectivity index (χ2v) is 32.0. The molecular weight excluding hydrogens is 1450 g/mol. The van der Waals surface area contributed by atoms with Gasteiger partial charge in [0.2, 0.25) is 0 Å². The van der Waals surface area contributed by atoms with E-state index in [1.165, 1.54) is 42.8 Å². The SMILES string of the molecule is C=C1C=C(C(C)C)C=CN1.C=C1C=C(C(C)C)C=NN1.CC(C)c1ccn(C)c(=O)c1.CC(C)c1ccn(C)c(=O)c1.CC(C)c1cnn(C)c(=O)c1.CC(C)c1cnn(C)c(=O)c1.CCn1ccc(C(C)C)cc1=O.Cc1cc(C(C)C)ccn1.Cc1cc(C(C)C)ccn1.Cc1cc(C(C)C)cnn1.Cc1cc(C(C)C)cnn1. The Morgan fingerprint density at radius 1 is 0.362 bits per heavy atom. The first-order chi connectivity index (χ1) is 54.3. The van der Waals surface area contributed by atoms with Gasteiger partial charge < -0.3 is 19.0 Å². The van der Waals surface area contributed by atoms with Crippen molar-refractivity contribution in [2.45, 2.75) is 247 Å². The Bertz CT molecular complexity index is 4380. The predicted octanol–water partition coefficient (Wildman–Crippen LogP) is 19.5. The van der Waals surface area contributed by atoms with Gasteiger partial charge in [-0.15, -0.1) is 0 Å². The van der Waals surface area contributed by atoms with Gasteiger partial charge in [-0.3, -0.25) is 39.4 Å². The maximum Gasteiger partial charge on any atom is 0.266 e. The zero-order chi connectivity index (χ0) is 88.2. The van der Waals surface area contributed by atoms with Gasteiger partial charge in [-0.1, -0.05) is 165 Å². The van der Waals surface area contributed by atoms with Crippen molar-refractivity contribution in [3.05, 3.63) is 325 Å². The molecule has 21 nitrogen and oxygen atoms in total. The molecule has 116 heavy (non-hydrogen) atoms. The van der Waals surface area contributed by atoms with Gasteiger partial charge in [-0.25, -0.2) is 9.36 Å². The van der Waals surface area contributed by atoms with Crippen LogP contribution in [0, 0.1) is 39.5 Å². The number of aromatic nitrogens is 13. The van der Waals surface area contributed by atoms with Crippen LogP contribution in [0.1, 0.15) is 285 Å². The third-order valence-corrected chi connectivity index (χ3v) is 18.0. The Morgan fingerprint density at radius 3 is 0.940 bits per heavy atom. The highest BCUT2D eigenvalue weighted by Gasteiger charge is 2.08. The van der Waals surface area contributed by atoms with Crippen LogP contribution < -0.4 is 38.5 Å². The van der Waals surface area contributed by atoms with E-state index < -0.39 is 0 Å². The summed E-state index contributed by atoms with van der Waals surface area (Å²) in [6.07, 6.45) is 26.2. The Labute approximate surface area is 694 Å². The van der Waals surface area contributed by atoms with Crippen molar-refractivity contribution in [3.8, 4) is 0 Å². The summed E-state index contributed by atoms with van der Waals surface area (Å²) in [5.41, 5.74) is 22.1. The van der Waals surface area contributed by atoms with Crippen LogP contribution in [0.15, 0.2) is 230 Å². The summed E-state index contributed by atoms with van der Waals surface area (Å²) in [6, 6.07) is 26.8. The number of rotatable bonds is 12. The van der Waals surface area contributed by atoms with Crippen LogP contribution in [0.2, 0.25) is 0 Å². The summed E-state index contributed by atoms with van der Waals surface area (Å²) >= 11 is 0. The predicted molar refractivity (Wildman–Crippen MR) is 485 cm³/mol. The van der Waals surface area contributed by atoms with Crippen LogP contribution in [0.25, 0.3) is 0 Å². The minimum atomic E-state index is -0.0452. The van der Waals surface area contributed by atoms with Gasteiger partial charge in [-0.05, 0) is 234 Å². The highest BCUT2D eigenvalue weighted by molar-refractivity contribution is 5.80. The molecule has 21 heteroatoms. The van der Waals surface area contributed by atoms with Crippen LogP contribution in [-0.2, 0) is 34.7 Å². The van der Waals surface area contributed by atoms with E-state index in [0.717, 1.165) is 68.5 Å². The fraction of sp³-hybridized carbons (Fsp3) is 0.453. The quantitative estimate of drug-likeness (QED) is 0.115. The summed E-state index contributed by atoms with van der Waals surface area (Å²) in [5.74, 6) is 5.49. The summed E-state index contributed by atoms with van der Waals surface area (Å²) < 4.78 is 7.50. The lowest BCUT2D eigenvalue weighted by molar-refractivity contribution is 0.689. The molecule has 630 valence electrons. The van der Waals surface area contributed by atoms with E-state index in [1.807, 2.05) is 130 Å². The van der Waals surface area contributed by atoms with Crippen molar-refractivity contribution in [1.29, 1.82) is 0 Å². The molecule has 0 saturated heterocycles. The fourth-order valence-corrected chi connectivity index (χ4v) is 9.73. The number of dihydropyridines is 1.